The molecule has 0 radical (unpaired) electrons. The summed E-state index contributed by atoms with van der Waals surface area (Å²) in [7, 11) is 0. The Bertz CT molecular complexity index is 621. The Hall–Kier alpha value is -2.75. The normalized spacial score (nSPS) is 10.6. The van der Waals surface area contributed by atoms with Gasteiger partial charge in [-0.15, -0.1) is 0 Å². The van der Waals surface area contributed by atoms with Crippen molar-refractivity contribution in [1.29, 1.82) is 0 Å². The SMILES string of the molecule is NC(=O)C=Cc1cccc(OCc2ccccc2)c1O. The summed E-state index contributed by atoms with van der Waals surface area (Å²) in [6, 6.07) is 14.7. The molecule has 0 aliphatic rings. The maximum atomic E-state index is 10.7. The molecule has 0 saturated heterocycles. The summed E-state index contributed by atoms with van der Waals surface area (Å²) >= 11 is 0. The summed E-state index contributed by atoms with van der Waals surface area (Å²) < 4.78 is 5.57. The van der Waals surface area contributed by atoms with Crippen molar-refractivity contribution in [3.8, 4) is 11.5 Å². The quantitative estimate of drug-likeness (QED) is 0.819. The van der Waals surface area contributed by atoms with Crippen LogP contribution in [0.25, 0.3) is 6.08 Å². The molecule has 1 amide bonds. The van der Waals surface area contributed by atoms with E-state index in [1.165, 1.54) is 12.2 Å². The molecule has 2 rings (SSSR count). The Balaban J connectivity index is 2.12. The van der Waals surface area contributed by atoms with Crippen molar-refractivity contribution in [3.05, 3.63) is 65.7 Å². The van der Waals surface area contributed by atoms with Crippen LogP contribution in [-0.2, 0) is 11.4 Å². The lowest BCUT2D eigenvalue weighted by molar-refractivity contribution is -0.113. The van der Waals surface area contributed by atoms with Crippen LogP contribution in [0.5, 0.6) is 11.5 Å². The van der Waals surface area contributed by atoms with Crippen LogP contribution in [0.1, 0.15) is 11.1 Å². The van der Waals surface area contributed by atoms with Gasteiger partial charge in [-0.1, -0.05) is 42.5 Å². The lowest BCUT2D eigenvalue weighted by Gasteiger charge is -2.09. The number of para-hydroxylation sites is 1. The van der Waals surface area contributed by atoms with Crippen LogP contribution in [0.2, 0.25) is 0 Å². The molecule has 0 saturated carbocycles. The van der Waals surface area contributed by atoms with Gasteiger partial charge in [-0.05, 0) is 17.7 Å². The molecule has 0 aliphatic heterocycles. The summed E-state index contributed by atoms with van der Waals surface area (Å²) in [6.07, 6.45) is 2.64. The van der Waals surface area contributed by atoms with Crippen LogP contribution in [0, 0.1) is 0 Å². The van der Waals surface area contributed by atoms with E-state index in [2.05, 4.69) is 0 Å². The van der Waals surface area contributed by atoms with Gasteiger partial charge in [0.1, 0.15) is 6.61 Å². The van der Waals surface area contributed by atoms with Crippen molar-refractivity contribution in [2.24, 2.45) is 5.73 Å². The number of phenols is 1. The number of amides is 1. The second-order valence-corrected chi connectivity index (χ2v) is 4.20. The fourth-order valence-electron chi connectivity index (χ4n) is 1.70. The first-order valence-corrected chi connectivity index (χ1v) is 6.13. The molecule has 0 unspecified atom stereocenters. The third-order valence-electron chi connectivity index (χ3n) is 2.69. The molecule has 0 fully saturated rings. The highest BCUT2D eigenvalue weighted by molar-refractivity contribution is 5.90. The van der Waals surface area contributed by atoms with Crippen molar-refractivity contribution in [3.63, 3.8) is 0 Å². The molecule has 3 N–H and O–H groups in total. The van der Waals surface area contributed by atoms with Crippen molar-refractivity contribution >= 4 is 12.0 Å². The summed E-state index contributed by atoms with van der Waals surface area (Å²) in [5.41, 5.74) is 6.51. The molecule has 0 bridgehead atoms. The molecule has 0 aromatic heterocycles. The number of ether oxygens (including phenoxy) is 1. The summed E-state index contributed by atoms with van der Waals surface area (Å²) in [4.78, 5) is 10.7. The van der Waals surface area contributed by atoms with E-state index in [0.29, 0.717) is 17.9 Å². The molecule has 20 heavy (non-hydrogen) atoms. The number of rotatable bonds is 5. The number of carbonyl (C=O) groups is 1. The Morgan fingerprint density at radius 3 is 2.60 bits per heavy atom. The molecule has 2 aromatic rings. The van der Waals surface area contributed by atoms with Gasteiger partial charge in [0.25, 0.3) is 0 Å². The first-order valence-electron chi connectivity index (χ1n) is 6.13. The fraction of sp³-hybridized carbons (Fsp3) is 0.0625. The Morgan fingerprint density at radius 1 is 1.15 bits per heavy atom. The molecule has 0 aliphatic carbocycles. The van der Waals surface area contributed by atoms with Gasteiger partial charge in [-0.25, -0.2) is 0 Å². The van der Waals surface area contributed by atoms with Crippen LogP contribution >= 0.6 is 0 Å². The van der Waals surface area contributed by atoms with Crippen molar-refractivity contribution in [2.45, 2.75) is 6.61 Å². The van der Waals surface area contributed by atoms with Gasteiger partial charge in [0.15, 0.2) is 11.5 Å². The lowest BCUT2D eigenvalue weighted by Crippen LogP contribution is -2.05. The Morgan fingerprint density at radius 2 is 1.90 bits per heavy atom. The van der Waals surface area contributed by atoms with Crippen LogP contribution in [0.4, 0.5) is 0 Å². The minimum absolute atomic E-state index is 0.0130. The lowest BCUT2D eigenvalue weighted by atomic mass is 10.1. The van der Waals surface area contributed by atoms with Crippen LogP contribution < -0.4 is 10.5 Å². The molecule has 4 nitrogen and oxygen atoms in total. The van der Waals surface area contributed by atoms with E-state index in [-0.39, 0.29) is 5.75 Å². The largest absolute Gasteiger partial charge is 0.504 e. The number of hydrogen-bond acceptors (Lipinski definition) is 3. The molecule has 0 spiro atoms. The molecule has 4 heteroatoms. The molecular formula is C16H15NO3. The molecule has 102 valence electrons. The minimum atomic E-state index is -0.569. The van der Waals surface area contributed by atoms with E-state index < -0.39 is 5.91 Å². The van der Waals surface area contributed by atoms with Gasteiger partial charge in [0.2, 0.25) is 5.91 Å². The summed E-state index contributed by atoms with van der Waals surface area (Å²) in [5.74, 6) is -0.221. The first kappa shape index (κ1) is 13.7. The highest BCUT2D eigenvalue weighted by atomic mass is 16.5. The number of benzene rings is 2. The zero-order valence-corrected chi connectivity index (χ0v) is 10.8. The predicted molar refractivity (Wildman–Crippen MR) is 77.1 cm³/mol. The van der Waals surface area contributed by atoms with Gasteiger partial charge in [0.05, 0.1) is 0 Å². The third kappa shape index (κ3) is 3.62. The van der Waals surface area contributed by atoms with Crippen LogP contribution in [-0.4, -0.2) is 11.0 Å². The fourth-order valence-corrected chi connectivity index (χ4v) is 1.70. The zero-order chi connectivity index (χ0) is 14.4. The molecular weight excluding hydrogens is 254 g/mol. The van der Waals surface area contributed by atoms with Crippen LogP contribution in [0.3, 0.4) is 0 Å². The number of nitrogens with two attached hydrogens (primary N) is 1. The van der Waals surface area contributed by atoms with Crippen molar-refractivity contribution in [2.75, 3.05) is 0 Å². The Kier molecular flexibility index (Phi) is 4.39. The van der Waals surface area contributed by atoms with E-state index in [1.54, 1.807) is 18.2 Å². The summed E-state index contributed by atoms with van der Waals surface area (Å²) in [5, 5.41) is 10.1. The highest BCUT2D eigenvalue weighted by Crippen LogP contribution is 2.31. The maximum absolute atomic E-state index is 10.7. The maximum Gasteiger partial charge on any atom is 0.241 e. The second-order valence-electron chi connectivity index (χ2n) is 4.20. The van der Waals surface area contributed by atoms with Gasteiger partial charge in [-0.3, -0.25) is 4.79 Å². The smallest absolute Gasteiger partial charge is 0.241 e. The van der Waals surface area contributed by atoms with E-state index in [9.17, 15) is 9.90 Å². The monoisotopic (exact) mass is 269 g/mol. The molecule has 2 aromatic carbocycles. The molecule has 0 heterocycles. The van der Waals surface area contributed by atoms with Gasteiger partial charge >= 0.3 is 0 Å². The number of hydrogen-bond donors (Lipinski definition) is 2. The topological polar surface area (TPSA) is 72.6 Å². The second kappa shape index (κ2) is 6.43. The zero-order valence-electron chi connectivity index (χ0n) is 10.8. The number of phenolic OH excluding ortho intramolecular Hbond substituents is 1. The first-order chi connectivity index (χ1) is 9.66. The third-order valence-corrected chi connectivity index (χ3v) is 2.69. The predicted octanol–water partition coefficient (Wildman–Crippen LogP) is 2.47. The van der Waals surface area contributed by atoms with Gasteiger partial charge in [0, 0.05) is 11.6 Å². The average molecular weight is 269 g/mol. The van der Waals surface area contributed by atoms with Crippen LogP contribution in [0.15, 0.2) is 54.6 Å². The van der Waals surface area contributed by atoms with E-state index in [1.807, 2.05) is 30.3 Å². The van der Waals surface area contributed by atoms with E-state index >= 15 is 0 Å². The number of aromatic hydroxyl groups is 1. The molecule has 0 atom stereocenters. The standard InChI is InChI=1S/C16H15NO3/c17-15(18)10-9-13-7-4-8-14(16(13)19)20-11-12-5-2-1-3-6-12/h1-10,19H,11H2,(H2,17,18). The number of carbonyl (C=O) groups excluding carboxylic acids is 1. The van der Waals surface area contributed by atoms with E-state index in [4.69, 9.17) is 10.5 Å². The Labute approximate surface area is 117 Å². The number of primary amides is 1. The van der Waals surface area contributed by atoms with E-state index in [0.717, 1.165) is 5.56 Å². The average Bonchev–Trinajstić information content (AvgIpc) is 2.46. The van der Waals surface area contributed by atoms with Gasteiger partial charge < -0.3 is 15.6 Å². The van der Waals surface area contributed by atoms with Crippen molar-refractivity contribution in [1.82, 2.24) is 0 Å². The van der Waals surface area contributed by atoms with Crippen molar-refractivity contribution < 1.29 is 14.6 Å². The van der Waals surface area contributed by atoms with Gasteiger partial charge in [-0.2, -0.15) is 0 Å². The summed E-state index contributed by atoms with van der Waals surface area (Å²) in [6.45, 7) is 0.359. The minimum Gasteiger partial charge on any atom is -0.504 e. The highest BCUT2D eigenvalue weighted by Gasteiger charge is 2.06.